The van der Waals surface area contributed by atoms with Gasteiger partial charge < -0.3 is 139 Å². The van der Waals surface area contributed by atoms with Crippen LogP contribution in [0.25, 0.3) is 0 Å². The number of aliphatic hydroxyl groups excluding tert-OH is 7. The van der Waals surface area contributed by atoms with Gasteiger partial charge in [-0.1, -0.05) is 111 Å². The maximum Gasteiger partial charge on any atom is 0.411 e. The number of primary amides is 1. The molecule has 45 heteroatoms. The predicted octanol–water partition coefficient (Wildman–Crippen LogP) is -3.25. The molecule has 0 aliphatic carbocycles. The molecule has 4 aliphatic rings. The lowest BCUT2D eigenvalue weighted by molar-refractivity contribution is -0.327. The highest BCUT2D eigenvalue weighted by Gasteiger charge is 2.53. The fourth-order valence-electron chi connectivity index (χ4n) is 16.4. The van der Waals surface area contributed by atoms with Crippen LogP contribution in [-0.4, -0.2) is 335 Å². The fourth-order valence-corrected chi connectivity index (χ4v) is 16.4. The molecule has 6 rings (SSSR count). The number of aliphatic hydroxyl groups is 7. The van der Waals surface area contributed by atoms with E-state index in [0.29, 0.717) is 31.4 Å². The number of imide groups is 1. The summed E-state index contributed by atoms with van der Waals surface area (Å²) in [5.74, 6) is -13.5. The zero-order chi connectivity index (χ0) is 99.8. The van der Waals surface area contributed by atoms with Crippen molar-refractivity contribution in [1.82, 2.24) is 73.2 Å². The van der Waals surface area contributed by atoms with Crippen molar-refractivity contribution < 1.29 is 141 Å². The highest BCUT2D eigenvalue weighted by molar-refractivity contribution is 6.13. The monoisotopic (exact) mass is 1890 g/mol. The number of ether oxygens (including phenoxy) is 6. The van der Waals surface area contributed by atoms with Crippen LogP contribution in [0.1, 0.15) is 164 Å². The smallest absolute Gasteiger partial charge is 0.411 e. The lowest BCUT2D eigenvalue weighted by atomic mass is 9.84. The molecule has 748 valence electrons. The summed E-state index contributed by atoms with van der Waals surface area (Å²) in [5, 5.41) is 109. The molecule has 3 saturated heterocycles. The first-order chi connectivity index (χ1) is 63.3. The van der Waals surface area contributed by atoms with Crippen LogP contribution in [0.2, 0.25) is 0 Å². The molecule has 0 bridgehead atoms. The van der Waals surface area contributed by atoms with Gasteiger partial charge in [-0.2, -0.15) is 0 Å². The average Bonchev–Trinajstić information content (AvgIpc) is 0.923. The summed E-state index contributed by atoms with van der Waals surface area (Å²) in [7, 11) is 4.09. The molecule has 3 fully saturated rings. The molecule has 4 heterocycles. The van der Waals surface area contributed by atoms with Gasteiger partial charge in [0.25, 0.3) is 17.7 Å². The zero-order valence-electron chi connectivity index (χ0n) is 78.5. The van der Waals surface area contributed by atoms with Crippen LogP contribution in [-0.2, 0) is 95.5 Å². The van der Waals surface area contributed by atoms with Crippen molar-refractivity contribution in [1.29, 1.82) is 0 Å². The van der Waals surface area contributed by atoms with Gasteiger partial charge in [-0.3, -0.25) is 76.9 Å². The molecule has 2 aromatic rings. The Balaban J connectivity index is 1.24. The number of likely N-dealkylation sites (tertiary alicyclic amines) is 1. The van der Waals surface area contributed by atoms with Crippen molar-refractivity contribution in [2.45, 2.75) is 269 Å². The molecule has 2 aromatic carbocycles. The largest absolute Gasteiger partial charge is 0.431 e. The first-order valence-electron chi connectivity index (χ1n) is 45.1. The third-order valence-corrected chi connectivity index (χ3v) is 24.2. The van der Waals surface area contributed by atoms with Crippen LogP contribution in [0.15, 0.2) is 66.7 Å². The van der Waals surface area contributed by atoms with Crippen LogP contribution in [0, 0.1) is 35.5 Å². The van der Waals surface area contributed by atoms with Crippen molar-refractivity contribution in [2.75, 3.05) is 79.1 Å². The molecule has 0 saturated carbocycles. The number of nitrogens with two attached hydrogens (primary N) is 1. The molecule has 0 spiro atoms. The van der Waals surface area contributed by atoms with Gasteiger partial charge in [-0.05, 0) is 80.4 Å². The normalized spacial score (nSPS) is 22.9. The van der Waals surface area contributed by atoms with Gasteiger partial charge in [0.15, 0.2) is 12.6 Å². The third kappa shape index (κ3) is 32.1. The fraction of sp³-hybridized carbons (Fsp3) is 0.663. The van der Waals surface area contributed by atoms with Gasteiger partial charge in [0.2, 0.25) is 71.1 Å². The second-order valence-electron chi connectivity index (χ2n) is 35.1. The van der Waals surface area contributed by atoms with Crippen molar-refractivity contribution in [2.24, 2.45) is 41.2 Å². The second-order valence-corrected chi connectivity index (χ2v) is 35.1. The van der Waals surface area contributed by atoms with Gasteiger partial charge in [-0.15, -0.1) is 0 Å². The molecule has 134 heavy (non-hydrogen) atoms. The Labute approximate surface area is 778 Å². The van der Waals surface area contributed by atoms with E-state index < -0.39 is 254 Å². The Morgan fingerprint density at radius 3 is 1.78 bits per heavy atom. The second kappa shape index (κ2) is 53.9. The number of nitrogens with zero attached hydrogens (tertiary/aromatic N) is 3. The standard InChI is InChI=1S/C89H138N16O29/c1-16-47(8)55(59(129-14)40-66(114)104-38-21-25-58(104)76(130-15)48(9)79(119)95-49(10)72(115)52-22-18-17-19-23-52)41-94-82(122)67(44(2)3)101-84(124)71(46(6)7)103(13)89(128)134-77(85(125)102-70-74(117)73(116)60(42-106)132-87(70)133-78-61(43-107)131-86(126)69(75(78)118)97-51(12)109)53-26-28-54(29-27-53)98-80(120)56(24-20-35-93-88(90)127)99-83(123)68(45(4)5)100-81(121)57(96-50(11)108)30-31-62(110)91-36-37-92-63(111)34-39-105-64(112)32-33-65(105)113/h17-19,22-23,26-29,32-33,44-49,55-61,67-78,86-87,106-107,115-118,126H,16,20-21,24-25,30-31,34-43H2,1-15H3,(H,91,110)(H,92,111)(H,94,122)(H,95,119)(H,96,108)(H,97,109)(H,98,120)(H,99,123)(H,100,121)(H,101,124)(H,102,125)(H3,90,93,127)/t47-,48+,49+,55+,56-,57-,58-,59+,60+,61+,67-,68-,69+,70+,71-,72+,73+,74+,75+,76+,77?,78+,86+,87-/m0/s1. The minimum absolute atomic E-state index is 0.0000864. The Morgan fingerprint density at radius 2 is 1.21 bits per heavy atom. The van der Waals surface area contributed by atoms with E-state index in [1.807, 2.05) is 19.9 Å². The number of carbonyl (C=O) groups excluding carboxylic acids is 16. The zero-order valence-corrected chi connectivity index (χ0v) is 78.5. The molecule has 1 unspecified atom stereocenters. The van der Waals surface area contributed by atoms with E-state index >= 15 is 9.59 Å². The van der Waals surface area contributed by atoms with E-state index in [0.717, 1.165) is 42.8 Å². The van der Waals surface area contributed by atoms with Crippen LogP contribution < -0.4 is 69.5 Å². The SMILES string of the molecule is CC[C@H](C)[C@@H](CNC(=O)[C@@H](NC(=O)[C@H](C(C)C)N(C)C(=O)OC(C(=O)N[C@H]1[C@H](O[C@H]2[C@H](O)[C@@H](NC(C)=O)[C@H](O)O[C@@H]2CO)O[C@H](CO)[C@@H](O)[C@@H]1O)c1ccc(NC(=O)[C@H](CCCNC(N)=O)NC(=O)[C@@H](NC(=O)[C@H](CCC(=O)NCCNC(=O)CCN2C(=O)C=CC2=O)NC(C)=O)C(C)C)cc1)C(C)C)[C@@H](CC(=O)N1CCC[C@H]1[C@H](OC)[C@@H](C)C(=O)N[C@H](C)[C@@H](O)c1ccccc1)OC. The van der Waals surface area contributed by atoms with Gasteiger partial charge in [0.1, 0.15) is 78.9 Å². The summed E-state index contributed by atoms with van der Waals surface area (Å²) < 4.78 is 35.6. The third-order valence-electron chi connectivity index (χ3n) is 24.2. The quantitative estimate of drug-likeness (QED) is 0.0229. The van der Waals surface area contributed by atoms with Crippen LogP contribution >= 0.6 is 0 Å². The van der Waals surface area contributed by atoms with Crippen molar-refractivity contribution in [3.63, 3.8) is 0 Å². The van der Waals surface area contributed by atoms with Crippen molar-refractivity contribution >= 4 is 101 Å². The topological polar surface area (TPSA) is 650 Å². The number of hydrogen-bond donors (Lipinski definition) is 20. The molecule has 17 amide bonds. The highest BCUT2D eigenvalue weighted by atomic mass is 16.7. The molecule has 21 N–H and O–H groups in total. The molecular formula is C89H138N16O29. The summed E-state index contributed by atoms with van der Waals surface area (Å²) in [5.41, 5.74) is 5.65. The van der Waals surface area contributed by atoms with Crippen molar-refractivity contribution in [3.05, 3.63) is 77.9 Å². The first kappa shape index (κ1) is 112. The van der Waals surface area contributed by atoms with Gasteiger partial charge in [0, 0.05) is 117 Å². The number of urea groups is 1. The van der Waals surface area contributed by atoms with Crippen LogP contribution in [0.4, 0.5) is 15.3 Å². The number of rotatable bonds is 51. The Kier molecular flexibility index (Phi) is 45.0. The van der Waals surface area contributed by atoms with Gasteiger partial charge in [-0.25, -0.2) is 9.59 Å². The van der Waals surface area contributed by atoms with Gasteiger partial charge >= 0.3 is 12.1 Å². The molecule has 0 aromatic heterocycles. The molecule has 45 nitrogen and oxygen atoms in total. The number of benzene rings is 2. The van der Waals surface area contributed by atoms with E-state index in [1.54, 1.807) is 84.6 Å². The molecule has 24 atom stereocenters. The average molecular weight is 1900 g/mol. The lowest BCUT2D eigenvalue weighted by Crippen LogP contribution is -2.69. The Morgan fingerprint density at radius 1 is 0.604 bits per heavy atom. The molecule has 4 aliphatic heterocycles. The van der Waals surface area contributed by atoms with E-state index in [2.05, 4.69) is 63.8 Å². The van der Waals surface area contributed by atoms with E-state index in [-0.39, 0.29) is 100 Å². The summed E-state index contributed by atoms with van der Waals surface area (Å²) in [4.78, 5) is 220. The van der Waals surface area contributed by atoms with Crippen LogP contribution in [0.5, 0.6) is 0 Å². The predicted molar refractivity (Wildman–Crippen MR) is 478 cm³/mol. The van der Waals surface area contributed by atoms with E-state index in [4.69, 9.17) is 34.2 Å². The number of likely N-dealkylation sites (N-methyl/N-ethyl adjacent to an activating group) is 1. The number of nitrogens with one attached hydrogen (secondary N) is 12. The summed E-state index contributed by atoms with van der Waals surface area (Å²) in [6, 6.07) is 0.855. The summed E-state index contributed by atoms with van der Waals surface area (Å²) in [6.45, 7) is 17.0. The first-order valence-corrected chi connectivity index (χ1v) is 45.1. The highest BCUT2D eigenvalue weighted by Crippen LogP contribution is 2.34. The minimum Gasteiger partial charge on any atom is -0.431 e. The number of anilines is 1. The molecule has 0 radical (unpaired) electrons. The van der Waals surface area contributed by atoms with E-state index in [9.17, 15) is 103 Å². The number of hydrogen-bond acceptors (Lipinski definition) is 29. The number of methoxy groups -OCH3 is 2. The minimum atomic E-state index is -2.21. The maximum absolute atomic E-state index is 15.4. The summed E-state index contributed by atoms with van der Waals surface area (Å²) in [6.07, 6.45) is -18.6. The Bertz CT molecular complexity index is 4310. The number of carbonyl (C=O) groups is 16. The summed E-state index contributed by atoms with van der Waals surface area (Å²) >= 11 is 0. The van der Waals surface area contributed by atoms with E-state index in [1.165, 1.54) is 38.5 Å². The van der Waals surface area contributed by atoms with Gasteiger partial charge in [0.05, 0.1) is 55.9 Å². The molecular weight excluding hydrogens is 1760 g/mol. The maximum atomic E-state index is 15.4. The lowest BCUT2D eigenvalue weighted by Gasteiger charge is -2.47. The Hall–Kier alpha value is -11.0. The van der Waals surface area contributed by atoms with Crippen molar-refractivity contribution in [3.8, 4) is 0 Å². The van der Waals surface area contributed by atoms with Crippen LogP contribution in [0.3, 0.4) is 0 Å². The number of amides is 17.